The van der Waals surface area contributed by atoms with Crippen LogP contribution in [0.1, 0.15) is 18.0 Å². The van der Waals surface area contributed by atoms with Crippen LogP contribution in [0.5, 0.6) is 0 Å². The molecule has 0 spiro atoms. The maximum absolute atomic E-state index is 11.3. The third-order valence-electron chi connectivity index (χ3n) is 2.35. The second-order valence-corrected chi connectivity index (χ2v) is 3.83. The van der Waals surface area contributed by atoms with Gasteiger partial charge in [0, 0.05) is 18.5 Å². The van der Waals surface area contributed by atoms with E-state index < -0.39 is 0 Å². The molecular formula is C10H11ClN2O. The van der Waals surface area contributed by atoms with Crippen LogP contribution in [0.25, 0.3) is 0 Å². The second kappa shape index (κ2) is 3.59. The zero-order valence-electron chi connectivity index (χ0n) is 7.83. The lowest BCUT2D eigenvalue weighted by molar-refractivity contribution is -0.128. The number of rotatable bonds is 1. The van der Waals surface area contributed by atoms with Gasteiger partial charge in [0.15, 0.2) is 0 Å². The fourth-order valence-corrected chi connectivity index (χ4v) is 1.78. The molecule has 0 aliphatic carbocycles. The molecule has 14 heavy (non-hydrogen) atoms. The highest BCUT2D eigenvalue weighted by Gasteiger charge is 2.27. The SMILES string of the molecule is CN1NC(c2cccc(Cl)c2)CC1=O. The van der Waals surface area contributed by atoms with Gasteiger partial charge >= 0.3 is 0 Å². The molecule has 1 amide bonds. The summed E-state index contributed by atoms with van der Waals surface area (Å²) in [7, 11) is 1.73. The first-order valence-corrected chi connectivity index (χ1v) is 4.83. The van der Waals surface area contributed by atoms with Crippen LogP contribution in [-0.4, -0.2) is 18.0 Å². The van der Waals surface area contributed by atoms with Crippen LogP contribution in [0, 0.1) is 0 Å². The third-order valence-corrected chi connectivity index (χ3v) is 2.59. The van der Waals surface area contributed by atoms with Crippen LogP contribution in [0.2, 0.25) is 5.02 Å². The highest BCUT2D eigenvalue weighted by molar-refractivity contribution is 6.30. The van der Waals surface area contributed by atoms with Gasteiger partial charge in [-0.1, -0.05) is 23.7 Å². The molecule has 1 aromatic rings. The van der Waals surface area contributed by atoms with Crippen LogP contribution in [-0.2, 0) is 4.79 Å². The van der Waals surface area contributed by atoms with E-state index in [9.17, 15) is 4.79 Å². The summed E-state index contributed by atoms with van der Waals surface area (Å²) in [5.74, 6) is 0.106. The Hall–Kier alpha value is -1.06. The number of benzene rings is 1. The van der Waals surface area contributed by atoms with Crippen molar-refractivity contribution in [2.24, 2.45) is 0 Å². The summed E-state index contributed by atoms with van der Waals surface area (Å²) < 4.78 is 0. The molecule has 0 aromatic heterocycles. The minimum atomic E-state index is 0.0613. The molecule has 1 aliphatic rings. The van der Waals surface area contributed by atoms with Gasteiger partial charge in [0.2, 0.25) is 5.91 Å². The fraction of sp³-hybridized carbons (Fsp3) is 0.300. The standard InChI is InChI=1S/C10H11ClN2O/c1-13-10(14)6-9(12-13)7-3-2-4-8(11)5-7/h2-5,9,12H,6H2,1H3. The van der Waals surface area contributed by atoms with Gasteiger partial charge in [-0.2, -0.15) is 0 Å². The van der Waals surface area contributed by atoms with E-state index in [2.05, 4.69) is 5.43 Å². The van der Waals surface area contributed by atoms with Crippen LogP contribution in [0.4, 0.5) is 0 Å². The van der Waals surface area contributed by atoms with Gasteiger partial charge < -0.3 is 0 Å². The van der Waals surface area contributed by atoms with E-state index in [1.54, 1.807) is 7.05 Å². The Morgan fingerprint density at radius 2 is 2.36 bits per heavy atom. The van der Waals surface area contributed by atoms with Crippen molar-refractivity contribution in [3.05, 3.63) is 34.9 Å². The van der Waals surface area contributed by atoms with E-state index in [0.29, 0.717) is 11.4 Å². The zero-order chi connectivity index (χ0) is 10.1. The number of carbonyl (C=O) groups is 1. The quantitative estimate of drug-likeness (QED) is 0.766. The Balaban J connectivity index is 2.21. The van der Waals surface area contributed by atoms with E-state index in [-0.39, 0.29) is 11.9 Å². The van der Waals surface area contributed by atoms with Gasteiger partial charge in [-0.25, -0.2) is 5.43 Å². The number of amides is 1. The Morgan fingerprint density at radius 3 is 2.93 bits per heavy atom. The van der Waals surface area contributed by atoms with Crippen molar-refractivity contribution >= 4 is 17.5 Å². The van der Waals surface area contributed by atoms with Crippen LogP contribution < -0.4 is 5.43 Å². The number of nitrogens with zero attached hydrogens (tertiary/aromatic N) is 1. The predicted molar refractivity (Wildman–Crippen MR) is 54.7 cm³/mol. The summed E-state index contributed by atoms with van der Waals surface area (Å²) in [6.07, 6.45) is 0.497. The molecule has 4 heteroatoms. The van der Waals surface area contributed by atoms with E-state index >= 15 is 0 Å². The van der Waals surface area contributed by atoms with Crippen LogP contribution in [0.15, 0.2) is 24.3 Å². The minimum Gasteiger partial charge on any atom is -0.281 e. The largest absolute Gasteiger partial charge is 0.281 e. The van der Waals surface area contributed by atoms with Crippen molar-refractivity contribution in [2.75, 3.05) is 7.05 Å². The minimum absolute atomic E-state index is 0.0613. The fourth-order valence-electron chi connectivity index (χ4n) is 1.58. The normalized spacial score (nSPS) is 21.7. The molecule has 1 aromatic carbocycles. The van der Waals surface area contributed by atoms with E-state index in [1.807, 2.05) is 24.3 Å². The summed E-state index contributed by atoms with van der Waals surface area (Å²) in [5, 5.41) is 2.22. The van der Waals surface area contributed by atoms with Crippen LogP contribution >= 0.6 is 11.6 Å². The van der Waals surface area contributed by atoms with Crippen molar-refractivity contribution in [1.29, 1.82) is 0 Å². The average molecular weight is 211 g/mol. The molecule has 0 radical (unpaired) electrons. The molecule has 0 saturated carbocycles. The molecule has 1 aliphatic heterocycles. The Labute approximate surface area is 87.6 Å². The van der Waals surface area contributed by atoms with E-state index in [0.717, 1.165) is 5.56 Å². The maximum atomic E-state index is 11.3. The predicted octanol–water partition coefficient (Wildman–Crippen LogP) is 1.75. The van der Waals surface area contributed by atoms with Gasteiger partial charge in [0.1, 0.15) is 0 Å². The molecular weight excluding hydrogens is 200 g/mol. The number of carbonyl (C=O) groups excluding carboxylic acids is 1. The molecule has 1 heterocycles. The average Bonchev–Trinajstić information content (AvgIpc) is 2.47. The summed E-state index contributed by atoms with van der Waals surface area (Å²) >= 11 is 5.87. The third kappa shape index (κ3) is 1.74. The van der Waals surface area contributed by atoms with Gasteiger partial charge in [-0.05, 0) is 17.7 Å². The van der Waals surface area contributed by atoms with E-state index in [4.69, 9.17) is 11.6 Å². The zero-order valence-corrected chi connectivity index (χ0v) is 8.58. The van der Waals surface area contributed by atoms with Crippen molar-refractivity contribution < 1.29 is 4.79 Å². The first kappa shape index (κ1) is 9.49. The molecule has 1 fully saturated rings. The first-order valence-electron chi connectivity index (χ1n) is 4.45. The lowest BCUT2D eigenvalue weighted by atomic mass is 10.1. The second-order valence-electron chi connectivity index (χ2n) is 3.39. The molecule has 1 unspecified atom stereocenters. The number of hydrogen-bond acceptors (Lipinski definition) is 2. The molecule has 3 nitrogen and oxygen atoms in total. The first-order chi connectivity index (χ1) is 6.66. The lowest BCUT2D eigenvalue weighted by Crippen LogP contribution is -2.30. The molecule has 1 N–H and O–H groups in total. The van der Waals surface area contributed by atoms with Gasteiger partial charge in [-0.15, -0.1) is 0 Å². The Kier molecular flexibility index (Phi) is 2.44. The number of halogens is 1. The Morgan fingerprint density at radius 1 is 1.57 bits per heavy atom. The molecule has 0 bridgehead atoms. The molecule has 1 atom stereocenters. The summed E-state index contributed by atoms with van der Waals surface area (Å²) in [6.45, 7) is 0. The summed E-state index contributed by atoms with van der Waals surface area (Å²) in [4.78, 5) is 11.3. The maximum Gasteiger partial charge on any atom is 0.238 e. The van der Waals surface area contributed by atoms with E-state index in [1.165, 1.54) is 5.01 Å². The van der Waals surface area contributed by atoms with Gasteiger partial charge in [-0.3, -0.25) is 9.80 Å². The Bertz CT molecular complexity index is 367. The summed E-state index contributed by atoms with van der Waals surface area (Å²) in [5.41, 5.74) is 4.12. The molecule has 74 valence electrons. The van der Waals surface area contributed by atoms with Crippen molar-refractivity contribution in [3.63, 3.8) is 0 Å². The van der Waals surface area contributed by atoms with Crippen molar-refractivity contribution in [3.8, 4) is 0 Å². The highest BCUT2D eigenvalue weighted by atomic mass is 35.5. The number of hydrogen-bond donors (Lipinski definition) is 1. The topological polar surface area (TPSA) is 32.3 Å². The lowest BCUT2D eigenvalue weighted by Gasteiger charge is -2.12. The number of nitrogens with one attached hydrogen (secondary N) is 1. The van der Waals surface area contributed by atoms with Gasteiger partial charge in [0.05, 0.1) is 6.04 Å². The smallest absolute Gasteiger partial charge is 0.238 e. The molecule has 1 saturated heterocycles. The van der Waals surface area contributed by atoms with Crippen molar-refractivity contribution in [1.82, 2.24) is 10.4 Å². The number of hydrazine groups is 1. The summed E-state index contributed by atoms with van der Waals surface area (Å²) in [6, 6.07) is 7.63. The van der Waals surface area contributed by atoms with Gasteiger partial charge in [0.25, 0.3) is 0 Å². The monoisotopic (exact) mass is 210 g/mol. The highest BCUT2D eigenvalue weighted by Crippen LogP contribution is 2.24. The van der Waals surface area contributed by atoms with Crippen molar-refractivity contribution in [2.45, 2.75) is 12.5 Å². The van der Waals surface area contributed by atoms with Crippen LogP contribution in [0.3, 0.4) is 0 Å². The molecule has 2 rings (SSSR count).